The molecule has 12 nitrogen and oxygen atoms in total. The van der Waals surface area contributed by atoms with Crippen molar-refractivity contribution in [1.29, 1.82) is 5.26 Å². The molecule has 0 saturated heterocycles. The Morgan fingerprint density at radius 2 is 2.18 bits per heavy atom. The van der Waals surface area contributed by atoms with E-state index in [0.29, 0.717) is 35.9 Å². The Morgan fingerprint density at radius 1 is 1.34 bits per heavy atom. The maximum atomic E-state index is 15.3. The average Bonchev–Trinajstić information content (AvgIpc) is 3.64. The number of alkyl halides is 1. The molecule has 4 aliphatic rings. The third kappa shape index (κ3) is 3.59. The van der Waals surface area contributed by atoms with Crippen LogP contribution >= 0.6 is 0 Å². The van der Waals surface area contributed by atoms with E-state index in [9.17, 15) is 10.1 Å². The predicted octanol–water partition coefficient (Wildman–Crippen LogP) is 3.33. The number of anilines is 2. The van der Waals surface area contributed by atoms with E-state index in [2.05, 4.69) is 42.0 Å². The zero-order valence-corrected chi connectivity index (χ0v) is 20.6. The number of aryl methyl sites for hydroxylation is 1. The number of H-pyrrole nitrogens is 1. The van der Waals surface area contributed by atoms with E-state index < -0.39 is 24.3 Å². The van der Waals surface area contributed by atoms with E-state index in [1.54, 1.807) is 33.7 Å². The van der Waals surface area contributed by atoms with Gasteiger partial charge in [-0.2, -0.15) is 15.5 Å². The summed E-state index contributed by atoms with van der Waals surface area (Å²) < 4.78 is 24.1. The second-order valence-corrected chi connectivity index (χ2v) is 10.6. The number of nitriles is 1. The predicted molar refractivity (Wildman–Crippen MR) is 132 cm³/mol. The Balaban J connectivity index is 1.07. The van der Waals surface area contributed by atoms with Crippen LogP contribution in [-0.2, 0) is 11.8 Å². The van der Waals surface area contributed by atoms with Crippen LogP contribution in [0.15, 0.2) is 30.7 Å². The Hall–Kier alpha value is -4.47. The first kappa shape index (κ1) is 22.7. The van der Waals surface area contributed by atoms with E-state index in [1.807, 2.05) is 13.1 Å². The molecule has 0 unspecified atom stereocenters. The van der Waals surface area contributed by atoms with E-state index in [0.717, 1.165) is 36.4 Å². The van der Waals surface area contributed by atoms with Crippen molar-refractivity contribution < 1.29 is 13.9 Å². The van der Waals surface area contributed by atoms with Crippen molar-refractivity contribution in [3.05, 3.63) is 42.1 Å². The molecule has 13 heteroatoms. The maximum absolute atomic E-state index is 15.3. The van der Waals surface area contributed by atoms with E-state index >= 15 is 4.39 Å². The number of rotatable bonds is 6. The average molecular weight is 517 g/mol. The fourth-order valence-corrected chi connectivity index (χ4v) is 6.03. The molecule has 3 N–H and O–H groups in total. The van der Waals surface area contributed by atoms with Crippen molar-refractivity contribution in [1.82, 2.24) is 39.7 Å². The standard InChI is InChI=1S/C25H25FN10O2/c1-35-18(4-5-29-35)16-11-28-23(36-12-14(10-27)30-22(16)36)31-20-6-17(33-34-20)15-2-3-19(21(15)26)38-24(37)32-25-7-13(8-25)9-25/h4-6,11-13,15,19,21H,2-3,7-9H2,1H3,(H,32,37)(H2,28,31,33,34)/t13?,15-,19-,21-,25?/m0/s1. The minimum Gasteiger partial charge on any atom is -0.443 e. The first-order valence-electron chi connectivity index (χ1n) is 12.6. The van der Waals surface area contributed by atoms with E-state index in [-0.39, 0.29) is 11.2 Å². The lowest BCUT2D eigenvalue weighted by molar-refractivity contribution is -0.0532. The molecule has 4 aromatic rings. The maximum Gasteiger partial charge on any atom is 0.407 e. The number of carbonyl (C=O) groups excluding carboxylic acids is 1. The van der Waals surface area contributed by atoms with Crippen LogP contribution in [0, 0.1) is 17.2 Å². The van der Waals surface area contributed by atoms with Crippen molar-refractivity contribution in [3.63, 3.8) is 0 Å². The molecule has 4 saturated carbocycles. The highest BCUT2D eigenvalue weighted by atomic mass is 19.1. The molecule has 0 spiro atoms. The first-order chi connectivity index (χ1) is 18.4. The number of halogens is 1. The van der Waals surface area contributed by atoms with Crippen LogP contribution in [0.2, 0.25) is 0 Å². The van der Waals surface area contributed by atoms with Crippen molar-refractivity contribution >= 4 is 23.5 Å². The second-order valence-electron chi connectivity index (χ2n) is 10.6. The van der Waals surface area contributed by atoms with Gasteiger partial charge in [-0.25, -0.2) is 19.2 Å². The van der Waals surface area contributed by atoms with Gasteiger partial charge in [0.1, 0.15) is 18.3 Å². The SMILES string of the molecule is Cn1nccc1-c1cnc(Nc2cc([C@@H]3CC[C@H](OC(=O)NC45CC(C4)C5)[C@H]3F)[nH]n2)n2cc(C#N)nc12. The van der Waals surface area contributed by atoms with Gasteiger partial charge in [-0.15, -0.1) is 0 Å². The molecule has 0 radical (unpaired) electrons. The summed E-state index contributed by atoms with van der Waals surface area (Å²) in [6, 6.07) is 5.64. The third-order valence-electron chi connectivity index (χ3n) is 8.11. The summed E-state index contributed by atoms with van der Waals surface area (Å²) in [5, 5.41) is 26.9. The summed E-state index contributed by atoms with van der Waals surface area (Å²) in [5.74, 6) is 1.10. The zero-order chi connectivity index (χ0) is 26.0. The highest BCUT2D eigenvalue weighted by Gasteiger charge is 2.58. The van der Waals surface area contributed by atoms with Crippen molar-refractivity contribution in [2.75, 3.05) is 5.32 Å². The lowest BCUT2D eigenvalue weighted by Crippen LogP contribution is -2.68. The molecule has 1 amide bonds. The number of carbonyl (C=O) groups is 1. The normalized spacial score (nSPS) is 27.4. The highest BCUT2D eigenvalue weighted by Crippen LogP contribution is 2.57. The van der Waals surface area contributed by atoms with Crippen molar-refractivity contribution in [2.24, 2.45) is 13.0 Å². The molecule has 4 aliphatic carbocycles. The highest BCUT2D eigenvalue weighted by molar-refractivity contribution is 5.77. The molecule has 4 fully saturated rings. The lowest BCUT2D eigenvalue weighted by atomic mass is 9.50. The largest absolute Gasteiger partial charge is 0.443 e. The molecular formula is C25H25FN10O2. The van der Waals surface area contributed by atoms with Crippen LogP contribution in [0.25, 0.3) is 16.9 Å². The number of aromatic amines is 1. The zero-order valence-electron chi connectivity index (χ0n) is 20.6. The molecule has 8 rings (SSSR count). The summed E-state index contributed by atoms with van der Waals surface area (Å²) in [6.45, 7) is 0. The van der Waals surface area contributed by atoms with Gasteiger partial charge in [0.15, 0.2) is 17.2 Å². The van der Waals surface area contributed by atoms with Gasteiger partial charge in [-0.3, -0.25) is 14.2 Å². The van der Waals surface area contributed by atoms with E-state index in [4.69, 9.17) is 4.74 Å². The molecule has 0 aromatic carbocycles. The molecular weight excluding hydrogens is 491 g/mol. The quantitative estimate of drug-likeness (QED) is 0.353. The number of alkyl carbamates (subject to hydrolysis) is 1. The van der Waals surface area contributed by atoms with Gasteiger partial charge in [-0.05, 0) is 44.1 Å². The molecule has 3 atom stereocenters. The molecule has 4 aromatic heterocycles. The summed E-state index contributed by atoms with van der Waals surface area (Å²) in [7, 11) is 1.82. The molecule has 194 valence electrons. The van der Waals surface area contributed by atoms with Gasteiger partial charge in [-0.1, -0.05) is 0 Å². The number of nitrogens with zero attached hydrogens (tertiary/aromatic N) is 7. The van der Waals surface area contributed by atoms with Gasteiger partial charge >= 0.3 is 6.09 Å². The monoisotopic (exact) mass is 516 g/mol. The number of hydrogen-bond acceptors (Lipinski definition) is 8. The number of ether oxygens (including phenoxy) is 1. The van der Waals surface area contributed by atoms with Gasteiger partial charge in [0, 0.05) is 42.7 Å². The Morgan fingerprint density at radius 3 is 2.89 bits per heavy atom. The molecule has 38 heavy (non-hydrogen) atoms. The van der Waals surface area contributed by atoms with Gasteiger partial charge in [0.05, 0.1) is 17.5 Å². The third-order valence-corrected chi connectivity index (χ3v) is 8.11. The number of fused-ring (bicyclic) bond motifs is 1. The Kier molecular flexibility index (Phi) is 4.94. The fourth-order valence-electron chi connectivity index (χ4n) is 6.03. The van der Waals surface area contributed by atoms with E-state index in [1.165, 1.54) is 0 Å². The lowest BCUT2D eigenvalue weighted by Gasteiger charge is -2.61. The van der Waals surface area contributed by atoms with Crippen molar-refractivity contribution in [3.8, 4) is 17.3 Å². The fraction of sp³-hybridized carbons (Fsp3) is 0.440. The summed E-state index contributed by atoms with van der Waals surface area (Å²) >= 11 is 0. The number of nitrogens with one attached hydrogen (secondary N) is 3. The van der Waals surface area contributed by atoms with Gasteiger partial charge in [0.25, 0.3) is 0 Å². The Labute approximate surface area is 216 Å². The van der Waals surface area contributed by atoms with Crippen LogP contribution in [0.4, 0.5) is 21.0 Å². The van der Waals surface area contributed by atoms with Crippen LogP contribution < -0.4 is 10.6 Å². The smallest absolute Gasteiger partial charge is 0.407 e. The number of imidazole rings is 1. The Bertz CT molecular complexity index is 1580. The number of amides is 1. The minimum atomic E-state index is -1.34. The second kappa shape index (κ2) is 8.27. The summed E-state index contributed by atoms with van der Waals surface area (Å²) in [4.78, 5) is 21.3. The number of hydrogen-bond donors (Lipinski definition) is 3. The molecule has 0 aliphatic heterocycles. The number of aromatic nitrogens is 7. The van der Waals surface area contributed by atoms with Gasteiger partial charge in [0.2, 0.25) is 5.95 Å². The minimum absolute atomic E-state index is 0.103. The first-order valence-corrected chi connectivity index (χ1v) is 12.6. The topological polar surface area (TPSA) is 151 Å². The van der Waals surface area contributed by atoms with Gasteiger partial charge < -0.3 is 15.4 Å². The summed E-state index contributed by atoms with van der Waals surface area (Å²) in [6.07, 6.45) is 6.26. The molecule has 4 heterocycles. The van der Waals surface area contributed by atoms with Crippen molar-refractivity contribution in [2.45, 2.75) is 55.8 Å². The summed E-state index contributed by atoms with van der Waals surface area (Å²) in [5.41, 5.74) is 2.80. The molecule has 2 bridgehead atoms. The van der Waals surface area contributed by atoms with Crippen LogP contribution in [0.5, 0.6) is 0 Å². The van der Waals surface area contributed by atoms with Crippen LogP contribution in [0.1, 0.15) is 49.4 Å². The van der Waals surface area contributed by atoms with Crippen LogP contribution in [0.3, 0.4) is 0 Å². The van der Waals surface area contributed by atoms with Crippen LogP contribution in [-0.4, -0.2) is 58.3 Å².